The molecular weight excluding hydrogens is 299 g/mol. The van der Waals surface area contributed by atoms with Crippen molar-refractivity contribution in [3.8, 4) is 17.0 Å². The number of nitrogens with two attached hydrogens (primary N) is 1. The number of nitrogens with zero attached hydrogens (tertiary/aromatic N) is 2. The largest absolute Gasteiger partial charge is 0.486 e. The first kappa shape index (κ1) is 15.5. The molecule has 2 atom stereocenters. The number of carbonyl (C=O) groups is 1. The summed E-state index contributed by atoms with van der Waals surface area (Å²) in [6.07, 6.45) is 2.37. The van der Waals surface area contributed by atoms with Gasteiger partial charge in [-0.05, 0) is 31.2 Å². The molecule has 2 heterocycles. The number of hydrogen-bond acceptors (Lipinski definition) is 4. The van der Waals surface area contributed by atoms with Gasteiger partial charge in [-0.2, -0.15) is 0 Å². The van der Waals surface area contributed by atoms with Crippen LogP contribution in [-0.2, 0) is 7.05 Å². The Hall–Kier alpha value is -2.41. The van der Waals surface area contributed by atoms with Crippen LogP contribution in [0.4, 0.5) is 4.39 Å². The highest BCUT2D eigenvalue weighted by Gasteiger charge is 2.27. The van der Waals surface area contributed by atoms with E-state index in [9.17, 15) is 9.18 Å². The van der Waals surface area contributed by atoms with E-state index in [1.807, 2.05) is 17.8 Å². The number of halogens is 1. The molecule has 0 bridgehead atoms. The topological polar surface area (TPSA) is 82.2 Å². The van der Waals surface area contributed by atoms with Crippen molar-refractivity contribution in [3.63, 3.8) is 0 Å². The molecule has 0 saturated carbocycles. The van der Waals surface area contributed by atoms with Crippen LogP contribution < -0.4 is 15.8 Å². The fourth-order valence-corrected chi connectivity index (χ4v) is 2.64. The summed E-state index contributed by atoms with van der Waals surface area (Å²) >= 11 is 0. The Kier molecular flexibility index (Phi) is 4.29. The van der Waals surface area contributed by atoms with Crippen molar-refractivity contribution in [1.82, 2.24) is 14.9 Å². The van der Waals surface area contributed by atoms with Crippen LogP contribution in [0.25, 0.3) is 11.3 Å². The lowest BCUT2D eigenvalue weighted by molar-refractivity contribution is 0.0713. The maximum atomic E-state index is 13.9. The van der Waals surface area contributed by atoms with E-state index in [0.717, 1.165) is 11.3 Å². The number of amides is 1. The van der Waals surface area contributed by atoms with Crippen LogP contribution in [0.3, 0.4) is 0 Å². The molecule has 3 rings (SSSR count). The molecule has 122 valence electrons. The molecule has 1 aliphatic heterocycles. The van der Waals surface area contributed by atoms with Crippen molar-refractivity contribution in [2.75, 3.05) is 13.1 Å². The second-order valence-corrected chi connectivity index (χ2v) is 5.66. The van der Waals surface area contributed by atoms with Crippen molar-refractivity contribution >= 4 is 5.91 Å². The molecule has 0 aliphatic carbocycles. The molecule has 1 fully saturated rings. The van der Waals surface area contributed by atoms with Crippen molar-refractivity contribution < 1.29 is 13.9 Å². The van der Waals surface area contributed by atoms with Gasteiger partial charge in [0, 0.05) is 25.4 Å². The highest BCUT2D eigenvalue weighted by molar-refractivity contribution is 5.96. The number of aryl methyl sites for hydroxylation is 1. The number of piperidine rings is 1. The predicted octanol–water partition coefficient (Wildman–Crippen LogP) is 1.26. The molecule has 1 aromatic heterocycles. The first-order valence-corrected chi connectivity index (χ1v) is 7.48. The number of rotatable bonds is 4. The molecule has 3 N–H and O–H groups in total. The van der Waals surface area contributed by atoms with Crippen LogP contribution in [-0.4, -0.2) is 40.8 Å². The highest BCUT2D eigenvalue weighted by atomic mass is 19.1. The fraction of sp³-hybridized carbons (Fsp3) is 0.375. The molecule has 0 spiro atoms. The zero-order chi connectivity index (χ0) is 16.4. The average molecular weight is 318 g/mol. The maximum Gasteiger partial charge on any atom is 0.252 e. The van der Waals surface area contributed by atoms with Crippen LogP contribution in [0.2, 0.25) is 0 Å². The van der Waals surface area contributed by atoms with Crippen LogP contribution in [0, 0.1) is 0 Å². The van der Waals surface area contributed by atoms with Crippen molar-refractivity contribution in [2.45, 2.75) is 18.7 Å². The Morgan fingerprint density at radius 2 is 2.35 bits per heavy atom. The third-order valence-electron chi connectivity index (χ3n) is 3.87. The van der Waals surface area contributed by atoms with Crippen molar-refractivity contribution in [1.29, 1.82) is 0 Å². The summed E-state index contributed by atoms with van der Waals surface area (Å²) < 4.78 is 21.4. The summed E-state index contributed by atoms with van der Waals surface area (Å²) in [6.45, 7) is 0.936. The van der Waals surface area contributed by atoms with Gasteiger partial charge in [0.15, 0.2) is 0 Å². The van der Waals surface area contributed by atoms with E-state index in [1.54, 1.807) is 24.5 Å². The molecule has 7 heteroatoms. The van der Waals surface area contributed by atoms with E-state index in [0.29, 0.717) is 18.7 Å². The summed E-state index contributed by atoms with van der Waals surface area (Å²) in [4.78, 5) is 16.0. The first-order chi connectivity index (χ1) is 11.0. The van der Waals surface area contributed by atoms with Gasteiger partial charge in [-0.3, -0.25) is 4.79 Å². The number of imidazole rings is 1. The maximum absolute atomic E-state index is 13.9. The van der Waals surface area contributed by atoms with Gasteiger partial charge in [-0.15, -0.1) is 0 Å². The first-order valence-electron chi connectivity index (χ1n) is 7.48. The molecule has 2 aromatic rings. The van der Waals surface area contributed by atoms with Gasteiger partial charge in [0.2, 0.25) is 0 Å². The lowest BCUT2D eigenvalue weighted by Crippen LogP contribution is -2.44. The number of carbonyl (C=O) groups excluding carboxylic acids is 1. The molecule has 1 saturated heterocycles. The molecule has 1 aliphatic rings. The Labute approximate surface area is 133 Å². The van der Waals surface area contributed by atoms with Crippen LogP contribution in [0.5, 0.6) is 5.75 Å². The lowest BCUT2D eigenvalue weighted by atomic mass is 10.1. The van der Waals surface area contributed by atoms with Gasteiger partial charge in [-0.25, -0.2) is 9.37 Å². The standard InChI is InChI=1S/C16H19FN4O2/c1-21-8-13(20-9-21)10-2-3-14(11(6-10)16(18)22)23-15-4-5-19-7-12(15)17/h2-3,6,8-9,12,15,19H,4-5,7H2,1H3,(H2,18,22)/t12-,15-/m1/s1. The molecule has 1 amide bonds. The van der Waals surface area contributed by atoms with Gasteiger partial charge < -0.3 is 20.4 Å². The minimum atomic E-state index is -1.11. The van der Waals surface area contributed by atoms with E-state index < -0.39 is 18.2 Å². The number of ether oxygens (including phenoxy) is 1. The number of primary amides is 1. The molecule has 6 nitrogen and oxygen atoms in total. The Morgan fingerprint density at radius 1 is 1.52 bits per heavy atom. The normalized spacial score (nSPS) is 21.1. The van der Waals surface area contributed by atoms with Crippen LogP contribution in [0.1, 0.15) is 16.8 Å². The number of nitrogens with one attached hydrogen (secondary N) is 1. The summed E-state index contributed by atoms with van der Waals surface area (Å²) in [5, 5.41) is 2.96. The second-order valence-electron chi connectivity index (χ2n) is 5.66. The molecule has 23 heavy (non-hydrogen) atoms. The highest BCUT2D eigenvalue weighted by Crippen LogP contribution is 2.28. The van der Waals surface area contributed by atoms with E-state index in [2.05, 4.69) is 10.3 Å². The zero-order valence-corrected chi connectivity index (χ0v) is 12.8. The van der Waals surface area contributed by atoms with E-state index in [4.69, 9.17) is 10.5 Å². The third kappa shape index (κ3) is 3.34. The predicted molar refractivity (Wildman–Crippen MR) is 84.0 cm³/mol. The minimum Gasteiger partial charge on any atom is -0.486 e. The minimum absolute atomic E-state index is 0.235. The Bertz CT molecular complexity index is 716. The van der Waals surface area contributed by atoms with Gasteiger partial charge >= 0.3 is 0 Å². The number of aromatic nitrogens is 2. The zero-order valence-electron chi connectivity index (χ0n) is 12.8. The van der Waals surface area contributed by atoms with Crippen LogP contribution >= 0.6 is 0 Å². The average Bonchev–Trinajstić information content (AvgIpc) is 2.96. The smallest absolute Gasteiger partial charge is 0.252 e. The lowest BCUT2D eigenvalue weighted by Gasteiger charge is -2.28. The fourth-order valence-electron chi connectivity index (χ4n) is 2.64. The molecule has 0 radical (unpaired) electrons. The van der Waals surface area contributed by atoms with Crippen molar-refractivity contribution in [3.05, 3.63) is 36.3 Å². The van der Waals surface area contributed by atoms with E-state index in [1.165, 1.54) is 0 Å². The monoisotopic (exact) mass is 318 g/mol. The van der Waals surface area contributed by atoms with Crippen LogP contribution in [0.15, 0.2) is 30.7 Å². The number of benzene rings is 1. The Balaban J connectivity index is 1.89. The van der Waals surface area contributed by atoms with Gasteiger partial charge in [0.1, 0.15) is 18.0 Å². The quantitative estimate of drug-likeness (QED) is 0.889. The SMILES string of the molecule is Cn1cnc(-c2ccc(O[C@@H]3CCNC[C@H]3F)c(C(N)=O)c2)c1. The van der Waals surface area contributed by atoms with Gasteiger partial charge in [0.05, 0.1) is 17.6 Å². The summed E-state index contributed by atoms with van der Waals surface area (Å²) in [7, 11) is 1.86. The molecule has 1 aromatic carbocycles. The second kappa shape index (κ2) is 6.37. The van der Waals surface area contributed by atoms with E-state index >= 15 is 0 Å². The van der Waals surface area contributed by atoms with Crippen molar-refractivity contribution in [2.24, 2.45) is 12.8 Å². The van der Waals surface area contributed by atoms with Gasteiger partial charge in [0.25, 0.3) is 5.91 Å². The Morgan fingerprint density at radius 3 is 3.00 bits per heavy atom. The number of hydrogen-bond donors (Lipinski definition) is 2. The summed E-state index contributed by atoms with van der Waals surface area (Å²) in [6, 6.07) is 5.07. The molecule has 0 unspecified atom stereocenters. The summed E-state index contributed by atoms with van der Waals surface area (Å²) in [5.74, 6) is -0.297. The summed E-state index contributed by atoms with van der Waals surface area (Å²) in [5.41, 5.74) is 7.18. The third-order valence-corrected chi connectivity index (χ3v) is 3.87. The van der Waals surface area contributed by atoms with Gasteiger partial charge in [-0.1, -0.05) is 0 Å². The number of alkyl halides is 1. The molecular formula is C16H19FN4O2. The van der Waals surface area contributed by atoms with E-state index in [-0.39, 0.29) is 12.1 Å².